The summed E-state index contributed by atoms with van der Waals surface area (Å²) in [5.74, 6) is -0.337. The van der Waals surface area contributed by atoms with Crippen molar-refractivity contribution in [1.29, 1.82) is 10.5 Å². The topological polar surface area (TPSA) is 142 Å². The van der Waals surface area contributed by atoms with Crippen LogP contribution in [0.3, 0.4) is 0 Å². The average molecular weight is 968 g/mol. The Morgan fingerprint density at radius 1 is 0.621 bits per heavy atom. The summed E-state index contributed by atoms with van der Waals surface area (Å²) < 4.78 is 85.5. The average Bonchev–Trinajstić information content (AvgIpc) is 4.06. The van der Waals surface area contributed by atoms with E-state index >= 15 is 0 Å². The Kier molecular flexibility index (Phi) is 11.7. The first-order valence-corrected chi connectivity index (χ1v) is 20.9. The third-order valence-corrected chi connectivity index (χ3v) is 12.5. The lowest BCUT2D eigenvalue weighted by Crippen LogP contribution is -2.48. The number of nitrogens with zero attached hydrogens (tertiary/aromatic N) is 6. The zero-order valence-electron chi connectivity index (χ0n) is 34.7. The second-order valence-corrected chi connectivity index (χ2v) is 16.6. The van der Waals surface area contributed by atoms with E-state index in [2.05, 4.69) is 22.0 Å². The molecule has 3 heterocycles. The highest BCUT2D eigenvalue weighted by Gasteiger charge is 2.47. The number of halogens is 7. The van der Waals surface area contributed by atoms with E-state index in [4.69, 9.17) is 9.68 Å². The van der Waals surface area contributed by atoms with Crippen LogP contribution in [0, 0.1) is 22.7 Å². The minimum atomic E-state index is -4.58. The number of anilines is 2. The summed E-state index contributed by atoms with van der Waals surface area (Å²) in [7, 11) is 3.02. The number of hydrogen-bond acceptors (Lipinski definition) is 7. The number of furan rings is 1. The SMILES string of the molecule is CN1C(=O)N(c2cccc(C(F)(F)F)c2)C2=C(C(=O)CC2)C1c1ccc(C#N)cc1-c1ccoc1.CN1C(=O)N(c2cccc(C(F)(F)F)c2)C2=C(C(=O)CC2)C1c1ccc(C#N)cc1Br. The van der Waals surface area contributed by atoms with E-state index in [0.717, 1.165) is 24.3 Å². The van der Waals surface area contributed by atoms with Gasteiger partial charge in [-0.3, -0.25) is 19.4 Å². The Morgan fingerprint density at radius 3 is 1.53 bits per heavy atom. The number of urea groups is 2. The standard InChI is InChI=1S/C26H18F3N3O3.C22H15BrF3N3O2/c1-31-24(19-6-5-15(13-30)11-20(19)16-9-10-35-14-16)23-21(7-8-22(23)33)32(25(31)34)18-4-2-3-17(12-18)26(27,28)29;1-28-20(15-6-5-12(11-27)9-16(15)23)19-17(7-8-18(19)30)29(21(28)31)14-4-2-3-13(10-14)22(24,25)26/h2-6,9-12,14,24H,7-8H2,1H3;2-6,9-10,20H,7-8H2,1H3. The van der Waals surface area contributed by atoms with Gasteiger partial charge in [-0.25, -0.2) is 9.59 Å². The Morgan fingerprint density at radius 2 is 1.09 bits per heavy atom. The fraction of sp³-hybridized carbons (Fsp3) is 0.208. The smallest absolute Gasteiger partial charge is 0.416 e. The minimum Gasteiger partial charge on any atom is -0.472 e. The zero-order chi connectivity index (χ0) is 47.4. The van der Waals surface area contributed by atoms with Crippen molar-refractivity contribution in [1.82, 2.24) is 9.80 Å². The van der Waals surface area contributed by atoms with Crippen LogP contribution in [0.4, 0.5) is 47.3 Å². The number of likely N-dealkylation sites (N-methyl/N-ethyl adjacent to an activating group) is 2. The molecule has 0 radical (unpaired) electrons. The molecule has 11 nitrogen and oxygen atoms in total. The van der Waals surface area contributed by atoms with E-state index in [9.17, 15) is 50.8 Å². The normalized spacial score (nSPS) is 18.6. The summed E-state index contributed by atoms with van der Waals surface area (Å²) in [6.45, 7) is 0. The molecule has 9 rings (SSSR count). The summed E-state index contributed by atoms with van der Waals surface area (Å²) in [6, 6.07) is 22.1. The minimum absolute atomic E-state index is 0.0483. The Hall–Kier alpha value is -7.44. The Labute approximate surface area is 381 Å². The van der Waals surface area contributed by atoms with Gasteiger partial charge in [-0.2, -0.15) is 36.9 Å². The number of amides is 4. The predicted octanol–water partition coefficient (Wildman–Crippen LogP) is 11.6. The van der Waals surface area contributed by atoms with Gasteiger partial charge >= 0.3 is 24.4 Å². The summed E-state index contributed by atoms with van der Waals surface area (Å²) >= 11 is 3.42. The van der Waals surface area contributed by atoms with Crippen LogP contribution in [0.25, 0.3) is 11.1 Å². The lowest BCUT2D eigenvalue weighted by molar-refractivity contribution is -0.138. The van der Waals surface area contributed by atoms with Crippen molar-refractivity contribution in [2.24, 2.45) is 0 Å². The van der Waals surface area contributed by atoms with Crippen LogP contribution < -0.4 is 9.80 Å². The van der Waals surface area contributed by atoms with Crippen LogP contribution in [0.15, 0.2) is 135 Å². The molecule has 2 aliphatic heterocycles. The first-order valence-electron chi connectivity index (χ1n) is 20.1. The van der Waals surface area contributed by atoms with Gasteiger partial charge in [-0.15, -0.1) is 0 Å². The molecule has 0 spiro atoms. The van der Waals surface area contributed by atoms with Crippen LogP contribution in [-0.2, 0) is 21.9 Å². The van der Waals surface area contributed by atoms with Crippen LogP contribution in [0.1, 0.15) is 71.1 Å². The second kappa shape index (κ2) is 17.2. The van der Waals surface area contributed by atoms with E-state index in [-0.39, 0.29) is 48.6 Å². The molecule has 0 fully saturated rings. The van der Waals surface area contributed by atoms with Gasteiger partial charge in [0.15, 0.2) is 11.6 Å². The quantitative estimate of drug-likeness (QED) is 0.160. The molecule has 4 aliphatic rings. The van der Waals surface area contributed by atoms with Gasteiger partial charge in [0.25, 0.3) is 0 Å². The molecule has 2 aliphatic carbocycles. The number of carbonyl (C=O) groups is 4. The molecular weight excluding hydrogens is 934 g/mol. The predicted molar refractivity (Wildman–Crippen MR) is 230 cm³/mol. The van der Waals surface area contributed by atoms with Gasteiger partial charge in [0.1, 0.15) is 0 Å². The van der Waals surface area contributed by atoms with Crippen LogP contribution >= 0.6 is 15.9 Å². The summed E-state index contributed by atoms with van der Waals surface area (Å²) in [5, 5.41) is 18.5. The molecule has 66 heavy (non-hydrogen) atoms. The molecule has 5 aromatic rings. The van der Waals surface area contributed by atoms with Gasteiger partial charge < -0.3 is 14.2 Å². The molecule has 1 aromatic heterocycles. The van der Waals surface area contributed by atoms with Crippen molar-refractivity contribution < 1.29 is 49.9 Å². The Bertz CT molecular complexity index is 3000. The van der Waals surface area contributed by atoms with E-state index in [0.29, 0.717) is 60.4 Å². The molecule has 2 atom stereocenters. The van der Waals surface area contributed by atoms with E-state index in [1.165, 1.54) is 70.5 Å². The number of nitriles is 2. The van der Waals surface area contributed by atoms with Gasteiger partial charge in [-0.05, 0) is 96.3 Å². The molecule has 2 unspecified atom stereocenters. The van der Waals surface area contributed by atoms with Crippen molar-refractivity contribution in [3.8, 4) is 23.3 Å². The van der Waals surface area contributed by atoms with Gasteiger partial charge in [0, 0.05) is 59.5 Å². The number of benzene rings is 4. The lowest BCUT2D eigenvalue weighted by atomic mass is 9.87. The largest absolute Gasteiger partial charge is 0.472 e. The lowest BCUT2D eigenvalue weighted by Gasteiger charge is -2.41. The molecule has 0 saturated heterocycles. The first kappa shape index (κ1) is 45.1. The molecule has 4 amide bonds. The van der Waals surface area contributed by atoms with E-state index in [1.807, 2.05) is 6.07 Å². The Balaban J connectivity index is 0.000000181. The van der Waals surface area contributed by atoms with Crippen molar-refractivity contribution >= 4 is 50.9 Å². The molecule has 18 heteroatoms. The number of rotatable bonds is 5. The number of allylic oxidation sites excluding steroid dienone is 2. The van der Waals surface area contributed by atoms with Crippen LogP contribution in [0.5, 0.6) is 0 Å². The van der Waals surface area contributed by atoms with Gasteiger partial charge in [-0.1, -0.05) is 40.2 Å². The first-order chi connectivity index (χ1) is 31.3. The third-order valence-electron chi connectivity index (χ3n) is 11.8. The van der Waals surface area contributed by atoms with Crippen molar-refractivity contribution in [2.75, 3.05) is 23.9 Å². The molecular formula is C48H33BrF6N6O5. The molecule has 4 aromatic carbocycles. The van der Waals surface area contributed by atoms with Gasteiger partial charge in [0.2, 0.25) is 0 Å². The summed E-state index contributed by atoms with van der Waals surface area (Å²) in [6.07, 6.45) is -5.33. The maximum absolute atomic E-state index is 13.6. The molecule has 334 valence electrons. The second-order valence-electron chi connectivity index (χ2n) is 15.7. The van der Waals surface area contributed by atoms with Crippen LogP contribution in [-0.4, -0.2) is 47.5 Å². The number of alkyl halides is 6. The number of Topliss-reactive ketones (excluding diaryl/α,β-unsaturated/α-hetero) is 2. The zero-order valence-corrected chi connectivity index (χ0v) is 36.3. The van der Waals surface area contributed by atoms with Crippen molar-refractivity contribution in [3.63, 3.8) is 0 Å². The third kappa shape index (κ3) is 8.02. The monoisotopic (exact) mass is 966 g/mol. The van der Waals surface area contributed by atoms with Gasteiger partial charge in [0.05, 0.1) is 70.4 Å². The highest BCUT2D eigenvalue weighted by atomic mass is 79.9. The van der Waals surface area contributed by atoms with Crippen molar-refractivity contribution in [2.45, 2.75) is 50.1 Å². The number of carbonyl (C=O) groups excluding carboxylic acids is 4. The fourth-order valence-corrected chi connectivity index (χ4v) is 9.41. The maximum atomic E-state index is 13.6. The van der Waals surface area contributed by atoms with E-state index < -0.39 is 47.6 Å². The molecule has 0 bridgehead atoms. The van der Waals surface area contributed by atoms with E-state index in [1.54, 1.807) is 42.5 Å². The molecule has 0 saturated carbocycles. The maximum Gasteiger partial charge on any atom is 0.416 e. The molecule has 0 N–H and O–H groups in total. The summed E-state index contributed by atoms with van der Waals surface area (Å²) in [4.78, 5) is 57.9. The number of ketones is 2. The van der Waals surface area contributed by atoms with Crippen molar-refractivity contribution in [3.05, 3.63) is 164 Å². The summed E-state index contributed by atoms with van der Waals surface area (Å²) in [5.41, 5.74) is 3.25. The fourth-order valence-electron chi connectivity index (χ4n) is 8.82. The van der Waals surface area contributed by atoms with Crippen LogP contribution in [0.2, 0.25) is 0 Å². The highest BCUT2D eigenvalue weighted by Crippen LogP contribution is 2.49. The number of hydrogen-bond donors (Lipinski definition) is 0. The highest BCUT2D eigenvalue weighted by molar-refractivity contribution is 9.10.